The highest BCUT2D eigenvalue weighted by molar-refractivity contribution is 7.18. The zero-order valence-corrected chi connectivity index (χ0v) is 12.5. The number of aliphatic hydroxyl groups excluding tert-OH is 1. The average molecular weight is 298 g/mol. The van der Waals surface area contributed by atoms with Crippen LogP contribution >= 0.6 is 11.3 Å². The Kier molecular flexibility index (Phi) is 4.29. The van der Waals surface area contributed by atoms with Crippen molar-refractivity contribution in [1.29, 1.82) is 0 Å². The van der Waals surface area contributed by atoms with Crippen LogP contribution in [0, 0.1) is 0 Å². The maximum Gasteiger partial charge on any atom is 0.124 e. The van der Waals surface area contributed by atoms with Gasteiger partial charge in [0.15, 0.2) is 0 Å². The molecule has 3 nitrogen and oxygen atoms in total. The van der Waals surface area contributed by atoms with Gasteiger partial charge in [0, 0.05) is 6.04 Å². The van der Waals surface area contributed by atoms with E-state index in [-0.39, 0.29) is 6.04 Å². The maximum absolute atomic E-state index is 10.4. The molecular formula is C17H18N2OS. The largest absolute Gasteiger partial charge is 0.384 e. The van der Waals surface area contributed by atoms with Crippen LogP contribution in [-0.4, -0.2) is 16.1 Å². The van der Waals surface area contributed by atoms with Gasteiger partial charge in [-0.1, -0.05) is 42.5 Å². The molecule has 3 rings (SSSR count). The first-order valence-electron chi connectivity index (χ1n) is 7.07. The molecule has 0 spiro atoms. The molecule has 3 aromatic rings. The van der Waals surface area contributed by atoms with Crippen LogP contribution in [0.25, 0.3) is 10.2 Å². The Morgan fingerprint density at radius 1 is 1.05 bits per heavy atom. The Bertz CT molecular complexity index is 678. The van der Waals surface area contributed by atoms with Gasteiger partial charge in [-0.2, -0.15) is 0 Å². The molecule has 108 valence electrons. The number of nitrogens with zero attached hydrogens (tertiary/aromatic N) is 1. The molecular weight excluding hydrogens is 280 g/mol. The minimum absolute atomic E-state index is 0.300. The molecule has 0 bridgehead atoms. The van der Waals surface area contributed by atoms with Crippen molar-refractivity contribution in [1.82, 2.24) is 4.98 Å². The number of rotatable bonds is 5. The Morgan fingerprint density at radius 3 is 2.52 bits per heavy atom. The number of benzene rings is 2. The highest BCUT2D eigenvalue weighted by Gasteiger charge is 2.20. The summed E-state index contributed by atoms with van der Waals surface area (Å²) < 4.78 is 1.09. The van der Waals surface area contributed by atoms with Crippen molar-refractivity contribution in [2.24, 2.45) is 5.73 Å². The van der Waals surface area contributed by atoms with E-state index in [4.69, 9.17) is 5.73 Å². The summed E-state index contributed by atoms with van der Waals surface area (Å²) in [5.41, 5.74) is 8.30. The van der Waals surface area contributed by atoms with Crippen LogP contribution in [0.15, 0.2) is 54.6 Å². The smallest absolute Gasteiger partial charge is 0.124 e. The molecule has 1 aromatic heterocycles. The first-order chi connectivity index (χ1) is 10.2. The lowest BCUT2D eigenvalue weighted by Crippen LogP contribution is -2.28. The summed E-state index contributed by atoms with van der Waals surface area (Å²) in [6.45, 7) is 0. The van der Waals surface area contributed by atoms with E-state index in [1.54, 1.807) is 0 Å². The molecule has 0 saturated heterocycles. The predicted octanol–water partition coefficient (Wildman–Crippen LogP) is 3.29. The minimum Gasteiger partial charge on any atom is -0.384 e. The van der Waals surface area contributed by atoms with Crippen LogP contribution in [0.5, 0.6) is 0 Å². The van der Waals surface area contributed by atoms with E-state index in [2.05, 4.69) is 17.1 Å². The topological polar surface area (TPSA) is 59.1 Å². The van der Waals surface area contributed by atoms with Gasteiger partial charge in [-0.15, -0.1) is 11.3 Å². The third-order valence-corrected chi connectivity index (χ3v) is 4.69. The lowest BCUT2D eigenvalue weighted by molar-refractivity contribution is 0.142. The number of aliphatic hydroxyl groups is 1. The number of nitrogens with two attached hydrogens (primary N) is 1. The van der Waals surface area contributed by atoms with Crippen molar-refractivity contribution < 1.29 is 5.11 Å². The minimum atomic E-state index is -0.703. The number of para-hydroxylation sites is 1. The molecule has 1 heterocycles. The molecule has 0 radical (unpaired) electrons. The maximum atomic E-state index is 10.4. The fourth-order valence-electron chi connectivity index (χ4n) is 2.34. The molecule has 1 unspecified atom stereocenters. The van der Waals surface area contributed by atoms with Gasteiger partial charge in [-0.3, -0.25) is 0 Å². The molecule has 2 atom stereocenters. The quantitative estimate of drug-likeness (QED) is 0.760. The highest BCUT2D eigenvalue weighted by atomic mass is 32.1. The Labute approximate surface area is 128 Å². The fraction of sp³-hybridized carbons (Fsp3) is 0.235. The standard InChI is InChI=1S/C17H18N2OS/c18-13(11-10-12-6-2-1-3-7-12)16(20)17-19-14-8-4-5-9-15(14)21-17/h1-9,13,16,20H,10-11,18H2/t13-,16?/m1/s1. The van der Waals surface area contributed by atoms with Gasteiger partial charge in [0.1, 0.15) is 11.1 Å². The SMILES string of the molecule is N[C@H](CCc1ccccc1)C(O)c1nc2ccccc2s1. The number of hydrogen-bond acceptors (Lipinski definition) is 4. The zero-order chi connectivity index (χ0) is 14.7. The second kappa shape index (κ2) is 6.35. The number of hydrogen-bond donors (Lipinski definition) is 2. The van der Waals surface area contributed by atoms with Gasteiger partial charge in [0.25, 0.3) is 0 Å². The van der Waals surface area contributed by atoms with Crippen molar-refractivity contribution >= 4 is 21.6 Å². The molecule has 2 aromatic carbocycles. The van der Waals surface area contributed by atoms with E-state index in [0.29, 0.717) is 5.01 Å². The van der Waals surface area contributed by atoms with Gasteiger partial charge in [-0.25, -0.2) is 4.98 Å². The van der Waals surface area contributed by atoms with E-state index in [9.17, 15) is 5.11 Å². The van der Waals surface area contributed by atoms with Crippen molar-refractivity contribution in [3.05, 3.63) is 65.2 Å². The first-order valence-corrected chi connectivity index (χ1v) is 7.89. The van der Waals surface area contributed by atoms with Gasteiger partial charge >= 0.3 is 0 Å². The molecule has 3 N–H and O–H groups in total. The predicted molar refractivity (Wildman–Crippen MR) is 87.3 cm³/mol. The van der Waals surface area contributed by atoms with Crippen LogP contribution in [0.4, 0.5) is 0 Å². The van der Waals surface area contributed by atoms with Crippen LogP contribution in [0.3, 0.4) is 0 Å². The highest BCUT2D eigenvalue weighted by Crippen LogP contribution is 2.28. The van der Waals surface area contributed by atoms with E-state index < -0.39 is 6.10 Å². The Morgan fingerprint density at radius 2 is 1.76 bits per heavy atom. The van der Waals surface area contributed by atoms with E-state index in [1.807, 2.05) is 42.5 Å². The molecule has 4 heteroatoms. The number of fused-ring (bicyclic) bond motifs is 1. The van der Waals surface area contributed by atoms with Gasteiger partial charge in [-0.05, 0) is 30.5 Å². The fourth-order valence-corrected chi connectivity index (χ4v) is 3.37. The summed E-state index contributed by atoms with van der Waals surface area (Å²) in [5, 5.41) is 11.1. The van der Waals surface area contributed by atoms with Crippen molar-refractivity contribution in [3.8, 4) is 0 Å². The molecule has 0 aliphatic heterocycles. The van der Waals surface area contributed by atoms with Crippen molar-refractivity contribution in [2.45, 2.75) is 25.0 Å². The number of aryl methyl sites for hydroxylation is 1. The Hall–Kier alpha value is -1.75. The van der Waals surface area contributed by atoms with Gasteiger partial charge < -0.3 is 10.8 Å². The second-order valence-electron chi connectivity index (χ2n) is 5.15. The summed E-state index contributed by atoms with van der Waals surface area (Å²) in [6, 6.07) is 17.8. The first kappa shape index (κ1) is 14.2. The normalized spacial score (nSPS) is 14.2. The number of aromatic nitrogens is 1. The van der Waals surface area contributed by atoms with Crippen LogP contribution < -0.4 is 5.73 Å². The Balaban J connectivity index is 1.67. The molecule has 0 saturated carbocycles. The van der Waals surface area contributed by atoms with E-state index in [1.165, 1.54) is 16.9 Å². The van der Waals surface area contributed by atoms with Crippen molar-refractivity contribution in [2.75, 3.05) is 0 Å². The third kappa shape index (κ3) is 3.29. The van der Waals surface area contributed by atoms with E-state index in [0.717, 1.165) is 23.1 Å². The second-order valence-corrected chi connectivity index (χ2v) is 6.22. The molecule has 0 aliphatic rings. The zero-order valence-electron chi connectivity index (χ0n) is 11.6. The molecule has 0 fully saturated rings. The van der Waals surface area contributed by atoms with Crippen molar-refractivity contribution in [3.63, 3.8) is 0 Å². The lowest BCUT2D eigenvalue weighted by Gasteiger charge is -2.16. The van der Waals surface area contributed by atoms with Crippen LogP contribution in [0.2, 0.25) is 0 Å². The van der Waals surface area contributed by atoms with Crippen LogP contribution in [0.1, 0.15) is 23.1 Å². The molecule has 21 heavy (non-hydrogen) atoms. The van der Waals surface area contributed by atoms with Gasteiger partial charge in [0.05, 0.1) is 10.2 Å². The monoisotopic (exact) mass is 298 g/mol. The molecule has 0 amide bonds. The average Bonchev–Trinajstić information content (AvgIpc) is 2.97. The summed E-state index contributed by atoms with van der Waals surface area (Å²) in [7, 11) is 0. The third-order valence-electron chi connectivity index (χ3n) is 3.58. The van der Waals surface area contributed by atoms with Gasteiger partial charge in [0.2, 0.25) is 0 Å². The lowest BCUT2D eigenvalue weighted by atomic mass is 10.0. The van der Waals surface area contributed by atoms with E-state index >= 15 is 0 Å². The number of thiazole rings is 1. The van der Waals surface area contributed by atoms with Crippen LogP contribution in [-0.2, 0) is 6.42 Å². The summed E-state index contributed by atoms with van der Waals surface area (Å²) >= 11 is 1.51. The summed E-state index contributed by atoms with van der Waals surface area (Å²) in [6.07, 6.45) is 0.900. The summed E-state index contributed by atoms with van der Waals surface area (Å²) in [5.74, 6) is 0. The summed E-state index contributed by atoms with van der Waals surface area (Å²) in [4.78, 5) is 4.48. The molecule has 0 aliphatic carbocycles.